The molecule has 8 heteroatoms. The number of carbonyl (C=O) groups is 1. The van der Waals surface area contributed by atoms with E-state index in [1.807, 2.05) is 19.0 Å². The van der Waals surface area contributed by atoms with E-state index < -0.39 is 4.92 Å². The molecule has 0 saturated heterocycles. The lowest BCUT2D eigenvalue weighted by Crippen LogP contribution is -2.26. The van der Waals surface area contributed by atoms with Crippen molar-refractivity contribution >= 4 is 34.6 Å². The predicted molar refractivity (Wildman–Crippen MR) is 122 cm³/mol. The highest BCUT2D eigenvalue weighted by atomic mass is 35.5. The van der Waals surface area contributed by atoms with Crippen molar-refractivity contribution in [1.29, 1.82) is 0 Å². The number of nitrogens with zero attached hydrogens (tertiary/aromatic N) is 4. The number of halogens is 1. The highest BCUT2D eigenvalue weighted by Crippen LogP contribution is 2.35. The first-order chi connectivity index (χ1) is 14.9. The van der Waals surface area contributed by atoms with E-state index in [2.05, 4.69) is 4.98 Å². The van der Waals surface area contributed by atoms with Gasteiger partial charge >= 0.3 is 5.69 Å². The summed E-state index contributed by atoms with van der Waals surface area (Å²) in [6.45, 7) is 1.22. The Morgan fingerprint density at radius 2 is 1.68 bits per heavy atom. The van der Waals surface area contributed by atoms with Gasteiger partial charge in [-0.2, -0.15) is 0 Å². The van der Waals surface area contributed by atoms with Crippen molar-refractivity contribution in [3.8, 4) is 0 Å². The van der Waals surface area contributed by atoms with Crippen LogP contribution in [0.4, 0.5) is 17.2 Å². The summed E-state index contributed by atoms with van der Waals surface area (Å²) in [7, 11) is 3.92. The van der Waals surface area contributed by atoms with Gasteiger partial charge in [-0.1, -0.05) is 35.9 Å². The van der Waals surface area contributed by atoms with E-state index >= 15 is 0 Å². The van der Waals surface area contributed by atoms with E-state index in [0.717, 1.165) is 13.0 Å². The molecule has 1 aromatic heterocycles. The van der Waals surface area contributed by atoms with E-state index in [4.69, 9.17) is 11.6 Å². The van der Waals surface area contributed by atoms with Gasteiger partial charge in [0, 0.05) is 29.9 Å². The van der Waals surface area contributed by atoms with Crippen molar-refractivity contribution in [3.63, 3.8) is 0 Å². The molecule has 0 saturated carbocycles. The Hall–Kier alpha value is -3.29. The molecule has 1 heterocycles. The number of hydrogen-bond donors (Lipinski definition) is 0. The Labute approximate surface area is 186 Å². The average molecular weight is 439 g/mol. The maximum Gasteiger partial charge on any atom is 0.311 e. The summed E-state index contributed by atoms with van der Waals surface area (Å²) in [5.41, 5.74) is 1.21. The molecule has 0 unspecified atom stereocenters. The van der Waals surface area contributed by atoms with Crippen molar-refractivity contribution in [2.24, 2.45) is 0 Å². The molecule has 0 bridgehead atoms. The monoisotopic (exact) mass is 438 g/mol. The zero-order chi connectivity index (χ0) is 22.4. The molecule has 0 fully saturated rings. The fraction of sp³-hybridized carbons (Fsp3) is 0.217. The van der Waals surface area contributed by atoms with Crippen LogP contribution < -0.4 is 4.90 Å². The summed E-state index contributed by atoms with van der Waals surface area (Å²) < 4.78 is 0. The first-order valence-corrected chi connectivity index (χ1v) is 10.2. The summed E-state index contributed by atoms with van der Waals surface area (Å²) in [6, 6.07) is 16.8. The Kier molecular flexibility index (Phi) is 7.33. The minimum absolute atomic E-state index is 0.118. The number of pyridine rings is 1. The minimum atomic E-state index is -0.459. The summed E-state index contributed by atoms with van der Waals surface area (Å²) in [6.07, 6.45) is 2.23. The van der Waals surface area contributed by atoms with Crippen LogP contribution in [0.25, 0.3) is 0 Å². The van der Waals surface area contributed by atoms with Crippen molar-refractivity contribution in [2.75, 3.05) is 32.1 Å². The number of anilines is 2. The zero-order valence-corrected chi connectivity index (χ0v) is 18.1. The van der Waals surface area contributed by atoms with Crippen LogP contribution in [0.15, 0.2) is 66.9 Å². The molecule has 3 aromatic rings. The molecule has 31 heavy (non-hydrogen) atoms. The maximum atomic E-state index is 13.4. The second-order valence-corrected chi connectivity index (χ2v) is 7.65. The molecule has 0 aliphatic carbocycles. The lowest BCUT2D eigenvalue weighted by atomic mass is 10.0. The maximum absolute atomic E-state index is 13.4. The second kappa shape index (κ2) is 10.1. The van der Waals surface area contributed by atoms with Crippen LogP contribution in [0.3, 0.4) is 0 Å². The Morgan fingerprint density at radius 1 is 1.00 bits per heavy atom. The molecule has 0 aliphatic rings. The van der Waals surface area contributed by atoms with Crippen LogP contribution in [0.1, 0.15) is 22.3 Å². The highest BCUT2D eigenvalue weighted by Gasteiger charge is 2.26. The number of hydrogen-bond acceptors (Lipinski definition) is 6. The molecule has 0 spiro atoms. The number of para-hydroxylation sites is 1. The third kappa shape index (κ3) is 5.25. The number of rotatable bonds is 9. The third-order valence-electron chi connectivity index (χ3n) is 4.76. The largest absolute Gasteiger partial charge is 0.320 e. The van der Waals surface area contributed by atoms with Gasteiger partial charge in [-0.15, -0.1) is 0 Å². The molecular formula is C23H23ClN4O3. The topological polar surface area (TPSA) is 79.6 Å². The average Bonchev–Trinajstić information content (AvgIpc) is 2.76. The molecule has 0 atom stereocenters. The summed E-state index contributed by atoms with van der Waals surface area (Å²) in [4.78, 5) is 32.6. The van der Waals surface area contributed by atoms with Crippen molar-refractivity contribution in [3.05, 3.63) is 93.1 Å². The smallest absolute Gasteiger partial charge is 0.311 e. The summed E-state index contributed by atoms with van der Waals surface area (Å²) in [5.74, 6) is -0.0527. The van der Waals surface area contributed by atoms with Crippen LogP contribution in [0.2, 0.25) is 5.02 Å². The lowest BCUT2D eigenvalue weighted by molar-refractivity contribution is -0.384. The summed E-state index contributed by atoms with van der Waals surface area (Å²) in [5, 5.41) is 12.0. The Bertz CT molecular complexity index is 1090. The van der Waals surface area contributed by atoms with Gasteiger partial charge in [0.25, 0.3) is 0 Å². The molecule has 0 N–H and O–H groups in total. The zero-order valence-electron chi connectivity index (χ0n) is 17.4. The number of nitro groups is 1. The van der Waals surface area contributed by atoms with E-state index in [0.29, 0.717) is 28.4 Å². The predicted octanol–water partition coefficient (Wildman–Crippen LogP) is 4.96. The van der Waals surface area contributed by atoms with Gasteiger partial charge in [-0.05, 0) is 57.4 Å². The van der Waals surface area contributed by atoms with E-state index in [1.165, 1.54) is 18.3 Å². The van der Waals surface area contributed by atoms with Crippen LogP contribution in [0, 0.1) is 10.1 Å². The van der Waals surface area contributed by atoms with Crippen LogP contribution in [-0.4, -0.2) is 47.8 Å². The van der Waals surface area contributed by atoms with Gasteiger partial charge in [0.1, 0.15) is 0 Å². The van der Waals surface area contributed by atoms with Gasteiger partial charge in [0.15, 0.2) is 5.78 Å². The molecule has 0 radical (unpaired) electrons. The highest BCUT2D eigenvalue weighted by molar-refractivity contribution is 6.35. The van der Waals surface area contributed by atoms with Gasteiger partial charge in [-0.3, -0.25) is 14.9 Å². The number of aromatic nitrogens is 1. The number of benzene rings is 2. The molecule has 7 nitrogen and oxygen atoms in total. The molecule has 0 amide bonds. The van der Waals surface area contributed by atoms with E-state index in [9.17, 15) is 14.9 Å². The molecule has 160 valence electrons. The van der Waals surface area contributed by atoms with Crippen molar-refractivity contribution in [2.45, 2.75) is 6.42 Å². The molecule has 2 aromatic carbocycles. The minimum Gasteiger partial charge on any atom is -0.320 e. The van der Waals surface area contributed by atoms with E-state index in [-0.39, 0.29) is 17.3 Å². The number of ketones is 1. The standard InChI is InChI=1S/C23H23ClN4O3/c1-26(2)15-8-16-27(23-21(28(30)31)13-7-14-25-23)20-12-6-4-10-18(20)22(29)17-9-3-5-11-19(17)24/h3-7,9-14H,8,15-16H2,1-2H3. The fourth-order valence-electron chi connectivity index (χ4n) is 3.32. The fourth-order valence-corrected chi connectivity index (χ4v) is 3.54. The number of carbonyl (C=O) groups excluding carboxylic acids is 1. The molecule has 3 rings (SSSR count). The van der Waals surface area contributed by atoms with Crippen molar-refractivity contribution < 1.29 is 9.72 Å². The van der Waals surface area contributed by atoms with Gasteiger partial charge < -0.3 is 9.80 Å². The molecule has 0 aliphatic heterocycles. The van der Waals surface area contributed by atoms with Gasteiger partial charge in [0.2, 0.25) is 5.82 Å². The van der Waals surface area contributed by atoms with Crippen molar-refractivity contribution in [1.82, 2.24) is 9.88 Å². The first kappa shape index (κ1) is 22.4. The van der Waals surface area contributed by atoms with E-state index in [1.54, 1.807) is 53.4 Å². The Balaban J connectivity index is 2.11. The van der Waals surface area contributed by atoms with Gasteiger partial charge in [-0.25, -0.2) is 4.98 Å². The first-order valence-electron chi connectivity index (χ1n) is 9.80. The quantitative estimate of drug-likeness (QED) is 0.267. The summed E-state index contributed by atoms with van der Waals surface area (Å²) >= 11 is 6.26. The Morgan fingerprint density at radius 3 is 2.35 bits per heavy atom. The van der Waals surface area contributed by atoms with Gasteiger partial charge in [0.05, 0.1) is 15.6 Å². The normalized spacial score (nSPS) is 10.8. The van der Waals surface area contributed by atoms with Crippen LogP contribution in [-0.2, 0) is 0 Å². The molecular weight excluding hydrogens is 416 g/mol. The third-order valence-corrected chi connectivity index (χ3v) is 5.09. The van der Waals surface area contributed by atoms with Crippen LogP contribution >= 0.6 is 11.6 Å². The SMILES string of the molecule is CN(C)CCCN(c1ccccc1C(=O)c1ccccc1Cl)c1ncccc1[N+](=O)[O-]. The lowest BCUT2D eigenvalue weighted by Gasteiger charge is -2.26. The second-order valence-electron chi connectivity index (χ2n) is 7.24. The van der Waals surface area contributed by atoms with Crippen LogP contribution in [0.5, 0.6) is 0 Å².